The van der Waals surface area contributed by atoms with Crippen molar-refractivity contribution in [1.82, 2.24) is 0 Å². The molecule has 0 bridgehead atoms. The van der Waals surface area contributed by atoms with Gasteiger partial charge in [0.05, 0.1) is 5.92 Å². The minimum atomic E-state index is -0.882. The van der Waals surface area contributed by atoms with Crippen molar-refractivity contribution < 1.29 is 19.1 Å². The van der Waals surface area contributed by atoms with E-state index in [0.717, 1.165) is 12.8 Å². The standard InChI is InChI=1S/C12H20O4/c1-4-15-12(16-5-2)11(14)8(3)10(13)9-6-7-9/h8-9,12H,4-7H2,1-3H3. The highest BCUT2D eigenvalue weighted by Crippen LogP contribution is 2.32. The summed E-state index contributed by atoms with van der Waals surface area (Å²) in [6, 6.07) is 0. The molecule has 0 aromatic carbocycles. The van der Waals surface area contributed by atoms with Crippen molar-refractivity contribution in [3.05, 3.63) is 0 Å². The zero-order valence-electron chi connectivity index (χ0n) is 10.2. The lowest BCUT2D eigenvalue weighted by atomic mass is 9.97. The van der Waals surface area contributed by atoms with Crippen LogP contribution in [0.3, 0.4) is 0 Å². The third kappa shape index (κ3) is 3.39. The average Bonchev–Trinajstić information content (AvgIpc) is 3.09. The largest absolute Gasteiger partial charge is 0.346 e. The van der Waals surface area contributed by atoms with Gasteiger partial charge in [0.1, 0.15) is 5.78 Å². The Morgan fingerprint density at radius 3 is 2.06 bits per heavy atom. The van der Waals surface area contributed by atoms with Crippen LogP contribution in [0.15, 0.2) is 0 Å². The minimum Gasteiger partial charge on any atom is -0.346 e. The molecule has 92 valence electrons. The molecule has 0 radical (unpaired) electrons. The topological polar surface area (TPSA) is 52.6 Å². The highest BCUT2D eigenvalue weighted by molar-refractivity contribution is 6.05. The van der Waals surface area contributed by atoms with E-state index >= 15 is 0 Å². The van der Waals surface area contributed by atoms with Gasteiger partial charge in [-0.25, -0.2) is 0 Å². The summed E-state index contributed by atoms with van der Waals surface area (Å²) in [5, 5.41) is 0. The predicted molar refractivity (Wildman–Crippen MR) is 58.9 cm³/mol. The van der Waals surface area contributed by atoms with Crippen molar-refractivity contribution in [2.45, 2.75) is 39.9 Å². The first-order valence-corrected chi connectivity index (χ1v) is 5.92. The van der Waals surface area contributed by atoms with Gasteiger partial charge in [0.25, 0.3) is 0 Å². The van der Waals surface area contributed by atoms with Crippen molar-refractivity contribution in [2.24, 2.45) is 11.8 Å². The van der Waals surface area contributed by atoms with Crippen LogP contribution in [0, 0.1) is 11.8 Å². The maximum absolute atomic E-state index is 11.9. The van der Waals surface area contributed by atoms with Crippen LogP contribution in [0.25, 0.3) is 0 Å². The van der Waals surface area contributed by atoms with E-state index in [1.807, 2.05) is 0 Å². The SMILES string of the molecule is CCOC(OCC)C(=O)C(C)C(=O)C1CC1. The van der Waals surface area contributed by atoms with Gasteiger partial charge >= 0.3 is 0 Å². The number of hydrogen-bond acceptors (Lipinski definition) is 4. The highest BCUT2D eigenvalue weighted by Gasteiger charge is 2.38. The molecule has 0 heterocycles. The lowest BCUT2D eigenvalue weighted by molar-refractivity contribution is -0.172. The molecule has 1 unspecified atom stereocenters. The predicted octanol–water partition coefficient (Wildman–Crippen LogP) is 1.57. The Hall–Kier alpha value is -0.740. The summed E-state index contributed by atoms with van der Waals surface area (Å²) in [5.41, 5.74) is 0. The first kappa shape index (κ1) is 13.3. The smallest absolute Gasteiger partial charge is 0.218 e. The molecule has 0 aromatic heterocycles. The molecule has 1 fully saturated rings. The quantitative estimate of drug-likeness (QED) is 0.467. The fraction of sp³-hybridized carbons (Fsp3) is 0.833. The van der Waals surface area contributed by atoms with E-state index < -0.39 is 12.2 Å². The Kier molecular flexibility index (Phi) is 5.09. The van der Waals surface area contributed by atoms with Gasteiger partial charge in [-0.05, 0) is 33.6 Å². The fourth-order valence-electron chi connectivity index (χ4n) is 1.58. The van der Waals surface area contributed by atoms with Gasteiger partial charge in [-0.2, -0.15) is 0 Å². The van der Waals surface area contributed by atoms with E-state index in [4.69, 9.17) is 9.47 Å². The minimum absolute atomic E-state index is 0.0365. The molecule has 4 nitrogen and oxygen atoms in total. The molecule has 0 amide bonds. The summed E-state index contributed by atoms with van der Waals surface area (Å²) in [4.78, 5) is 23.7. The lowest BCUT2D eigenvalue weighted by Gasteiger charge is -2.18. The maximum atomic E-state index is 11.9. The van der Waals surface area contributed by atoms with Crippen LogP contribution in [0.2, 0.25) is 0 Å². The molecule has 0 saturated heterocycles. The molecule has 1 atom stereocenters. The summed E-state index contributed by atoms with van der Waals surface area (Å²) >= 11 is 0. The van der Waals surface area contributed by atoms with Gasteiger partial charge in [0.15, 0.2) is 5.78 Å². The first-order valence-electron chi connectivity index (χ1n) is 5.92. The second kappa shape index (κ2) is 6.11. The van der Waals surface area contributed by atoms with Crippen LogP contribution < -0.4 is 0 Å². The van der Waals surface area contributed by atoms with Gasteiger partial charge < -0.3 is 9.47 Å². The molecule has 16 heavy (non-hydrogen) atoms. The summed E-state index contributed by atoms with van der Waals surface area (Å²) in [6.45, 7) is 6.05. The number of ketones is 2. The third-order valence-electron chi connectivity index (χ3n) is 2.70. The van der Waals surface area contributed by atoms with Gasteiger partial charge in [-0.3, -0.25) is 9.59 Å². The highest BCUT2D eigenvalue weighted by atomic mass is 16.7. The van der Waals surface area contributed by atoms with E-state index in [2.05, 4.69) is 0 Å². The number of carbonyl (C=O) groups is 2. The van der Waals surface area contributed by atoms with Gasteiger partial charge in [0.2, 0.25) is 6.29 Å². The molecule has 1 aliphatic rings. The van der Waals surface area contributed by atoms with Crippen LogP contribution in [-0.2, 0) is 19.1 Å². The van der Waals surface area contributed by atoms with Crippen molar-refractivity contribution in [3.8, 4) is 0 Å². The zero-order chi connectivity index (χ0) is 12.1. The molecule has 0 spiro atoms. The maximum Gasteiger partial charge on any atom is 0.218 e. The van der Waals surface area contributed by atoms with E-state index in [1.54, 1.807) is 20.8 Å². The number of ether oxygens (including phenoxy) is 2. The fourth-order valence-corrected chi connectivity index (χ4v) is 1.58. The molecule has 1 rings (SSSR count). The molecule has 1 saturated carbocycles. The van der Waals surface area contributed by atoms with E-state index in [1.165, 1.54) is 0 Å². The van der Waals surface area contributed by atoms with Gasteiger partial charge in [-0.1, -0.05) is 0 Å². The Morgan fingerprint density at radius 1 is 1.19 bits per heavy atom. The van der Waals surface area contributed by atoms with Gasteiger partial charge in [-0.15, -0.1) is 0 Å². The number of Topliss-reactive ketones (excluding diaryl/α,β-unsaturated/α-hetero) is 2. The third-order valence-corrected chi connectivity index (χ3v) is 2.70. The van der Waals surface area contributed by atoms with Crippen LogP contribution in [0.1, 0.15) is 33.6 Å². The Morgan fingerprint density at radius 2 is 1.69 bits per heavy atom. The van der Waals surface area contributed by atoms with E-state index in [-0.39, 0.29) is 17.5 Å². The van der Waals surface area contributed by atoms with Gasteiger partial charge in [0, 0.05) is 19.1 Å². The normalized spacial score (nSPS) is 17.5. The van der Waals surface area contributed by atoms with Crippen molar-refractivity contribution in [1.29, 1.82) is 0 Å². The van der Waals surface area contributed by atoms with Crippen molar-refractivity contribution in [3.63, 3.8) is 0 Å². The van der Waals surface area contributed by atoms with Crippen LogP contribution in [-0.4, -0.2) is 31.1 Å². The number of carbonyl (C=O) groups excluding carboxylic acids is 2. The summed E-state index contributed by atoms with van der Waals surface area (Å²) in [7, 11) is 0. The first-order chi connectivity index (χ1) is 7.61. The molecular formula is C12H20O4. The average molecular weight is 228 g/mol. The summed E-state index contributed by atoms with van der Waals surface area (Å²) < 4.78 is 10.4. The van der Waals surface area contributed by atoms with E-state index in [9.17, 15) is 9.59 Å². The monoisotopic (exact) mass is 228 g/mol. The summed E-state index contributed by atoms with van der Waals surface area (Å²) in [5.74, 6) is -0.714. The lowest BCUT2D eigenvalue weighted by Crippen LogP contribution is -2.36. The van der Waals surface area contributed by atoms with Crippen molar-refractivity contribution >= 4 is 11.6 Å². The van der Waals surface area contributed by atoms with Crippen LogP contribution >= 0.6 is 0 Å². The van der Waals surface area contributed by atoms with Crippen LogP contribution in [0.5, 0.6) is 0 Å². The molecule has 0 N–H and O–H groups in total. The molecule has 4 heteroatoms. The Balaban J connectivity index is 2.53. The Bertz CT molecular complexity index is 252. The number of hydrogen-bond donors (Lipinski definition) is 0. The van der Waals surface area contributed by atoms with Crippen LogP contribution in [0.4, 0.5) is 0 Å². The zero-order valence-corrected chi connectivity index (χ0v) is 10.2. The molecule has 1 aliphatic carbocycles. The molecular weight excluding hydrogens is 208 g/mol. The molecule has 0 aromatic rings. The number of rotatable bonds is 8. The van der Waals surface area contributed by atoms with E-state index in [0.29, 0.717) is 13.2 Å². The van der Waals surface area contributed by atoms with Crippen molar-refractivity contribution in [2.75, 3.05) is 13.2 Å². The molecule has 0 aliphatic heterocycles. The second-order valence-electron chi connectivity index (χ2n) is 4.04. The second-order valence-corrected chi connectivity index (χ2v) is 4.04. The summed E-state index contributed by atoms with van der Waals surface area (Å²) in [6.07, 6.45) is 0.960. The Labute approximate surface area is 96.3 Å².